The Morgan fingerprint density at radius 2 is 1.85 bits per heavy atom. The average Bonchev–Trinajstić information content (AvgIpc) is 2.54. The summed E-state index contributed by atoms with van der Waals surface area (Å²) < 4.78 is 0. The third-order valence-corrected chi connectivity index (χ3v) is 3.46. The van der Waals surface area contributed by atoms with Crippen LogP contribution in [0.1, 0.15) is 10.5 Å². The third-order valence-electron chi connectivity index (χ3n) is 3.46. The second kappa shape index (κ2) is 5.24. The molecule has 0 spiro atoms. The summed E-state index contributed by atoms with van der Waals surface area (Å²) in [7, 11) is 0. The summed E-state index contributed by atoms with van der Waals surface area (Å²) in [6.45, 7) is 2.20. The molecule has 2 heterocycles. The zero-order valence-corrected chi connectivity index (χ0v) is 10.9. The first-order valence-electron chi connectivity index (χ1n) is 6.49. The van der Waals surface area contributed by atoms with Gasteiger partial charge in [0.2, 0.25) is 6.41 Å². The predicted octanol–water partition coefficient (Wildman–Crippen LogP) is 0.544. The van der Waals surface area contributed by atoms with Crippen molar-refractivity contribution in [1.82, 2.24) is 20.0 Å². The molecule has 1 saturated heterocycles. The van der Waals surface area contributed by atoms with E-state index in [1.54, 1.807) is 15.9 Å². The topological polar surface area (TPSA) is 66.4 Å². The van der Waals surface area contributed by atoms with Crippen LogP contribution >= 0.6 is 0 Å². The Hall–Kier alpha value is -2.50. The van der Waals surface area contributed by atoms with Gasteiger partial charge in [-0.05, 0) is 12.1 Å². The maximum Gasteiger partial charge on any atom is 0.274 e. The lowest BCUT2D eigenvalue weighted by Gasteiger charge is -2.32. The average molecular weight is 270 g/mol. The fraction of sp³-hybridized carbons (Fsp3) is 0.286. The van der Waals surface area contributed by atoms with Crippen molar-refractivity contribution in [2.45, 2.75) is 0 Å². The lowest BCUT2D eigenvalue weighted by atomic mass is 10.2. The largest absolute Gasteiger partial charge is 0.342 e. The molecule has 0 unspecified atom stereocenters. The Balaban J connectivity index is 1.80. The Kier molecular flexibility index (Phi) is 3.28. The molecule has 6 nitrogen and oxygen atoms in total. The third kappa shape index (κ3) is 2.32. The van der Waals surface area contributed by atoms with E-state index in [0.29, 0.717) is 31.9 Å². The molecule has 1 aliphatic rings. The minimum atomic E-state index is -0.131. The summed E-state index contributed by atoms with van der Waals surface area (Å²) >= 11 is 0. The lowest BCUT2D eigenvalue weighted by Crippen LogP contribution is -2.48. The molecule has 2 aromatic rings. The van der Waals surface area contributed by atoms with Gasteiger partial charge in [0.05, 0.1) is 5.52 Å². The number of amides is 2. The number of hydrogen-bond donors (Lipinski definition) is 0. The zero-order chi connectivity index (χ0) is 13.9. The van der Waals surface area contributed by atoms with Crippen molar-refractivity contribution in [2.75, 3.05) is 26.2 Å². The van der Waals surface area contributed by atoms with Crippen LogP contribution in [0, 0.1) is 0 Å². The smallest absolute Gasteiger partial charge is 0.274 e. The first-order valence-corrected chi connectivity index (χ1v) is 6.49. The van der Waals surface area contributed by atoms with Crippen molar-refractivity contribution in [3.8, 4) is 0 Å². The minimum Gasteiger partial charge on any atom is -0.342 e. The fourth-order valence-electron chi connectivity index (χ4n) is 2.28. The Morgan fingerprint density at radius 3 is 2.60 bits per heavy atom. The molecule has 0 radical (unpaired) electrons. The number of hydrogen-bond acceptors (Lipinski definition) is 4. The Morgan fingerprint density at radius 1 is 1.10 bits per heavy atom. The second-order valence-corrected chi connectivity index (χ2v) is 4.72. The van der Waals surface area contributed by atoms with Crippen LogP contribution in [0.3, 0.4) is 0 Å². The molecule has 0 atom stereocenters. The number of carbonyl (C=O) groups excluding carboxylic acids is 2. The summed E-state index contributed by atoms with van der Waals surface area (Å²) in [6, 6.07) is 9.32. The van der Waals surface area contributed by atoms with Crippen molar-refractivity contribution in [2.24, 2.45) is 0 Å². The maximum atomic E-state index is 12.4. The van der Waals surface area contributed by atoms with Crippen LogP contribution in [-0.2, 0) is 4.79 Å². The first kappa shape index (κ1) is 12.5. The number of piperazine rings is 1. The minimum absolute atomic E-state index is 0.131. The van der Waals surface area contributed by atoms with Gasteiger partial charge in [-0.25, -0.2) is 0 Å². The second-order valence-electron chi connectivity index (χ2n) is 4.72. The van der Waals surface area contributed by atoms with E-state index in [-0.39, 0.29) is 5.91 Å². The molecule has 1 aromatic heterocycles. The molecule has 1 aromatic carbocycles. The highest BCUT2D eigenvalue weighted by Crippen LogP contribution is 2.13. The van der Waals surface area contributed by atoms with Crippen LogP contribution in [-0.4, -0.2) is 58.5 Å². The van der Waals surface area contributed by atoms with Gasteiger partial charge >= 0.3 is 0 Å². The van der Waals surface area contributed by atoms with Gasteiger partial charge in [-0.15, -0.1) is 10.2 Å². The van der Waals surface area contributed by atoms with E-state index in [9.17, 15) is 9.59 Å². The number of fused-ring (bicyclic) bond motifs is 1. The molecule has 20 heavy (non-hydrogen) atoms. The molecule has 0 aliphatic carbocycles. The molecule has 0 saturated carbocycles. The zero-order valence-electron chi connectivity index (χ0n) is 10.9. The van der Waals surface area contributed by atoms with Gasteiger partial charge in [0.1, 0.15) is 0 Å². The van der Waals surface area contributed by atoms with Gasteiger partial charge in [0.15, 0.2) is 5.69 Å². The van der Waals surface area contributed by atoms with Crippen LogP contribution in [0.15, 0.2) is 30.3 Å². The summed E-state index contributed by atoms with van der Waals surface area (Å²) in [4.78, 5) is 26.4. The Bertz CT molecular complexity index is 650. The fourth-order valence-corrected chi connectivity index (χ4v) is 2.28. The van der Waals surface area contributed by atoms with Crippen LogP contribution in [0.5, 0.6) is 0 Å². The Labute approximate surface area is 116 Å². The molecular weight excluding hydrogens is 256 g/mol. The maximum absolute atomic E-state index is 12.4. The van der Waals surface area contributed by atoms with Crippen LogP contribution in [0.4, 0.5) is 0 Å². The van der Waals surface area contributed by atoms with Gasteiger partial charge in [-0.2, -0.15) is 0 Å². The number of nitrogens with zero attached hydrogens (tertiary/aromatic N) is 4. The van der Waals surface area contributed by atoms with E-state index in [4.69, 9.17) is 0 Å². The normalized spacial score (nSPS) is 15.4. The molecule has 6 heteroatoms. The number of aromatic nitrogens is 2. The van der Waals surface area contributed by atoms with E-state index >= 15 is 0 Å². The molecule has 3 rings (SSSR count). The van der Waals surface area contributed by atoms with Gasteiger partial charge in [-0.3, -0.25) is 9.59 Å². The molecule has 102 valence electrons. The predicted molar refractivity (Wildman–Crippen MR) is 73.1 cm³/mol. The molecule has 0 bridgehead atoms. The van der Waals surface area contributed by atoms with Gasteiger partial charge in [0, 0.05) is 31.6 Å². The summed E-state index contributed by atoms with van der Waals surface area (Å²) in [5.74, 6) is -0.131. The van der Waals surface area contributed by atoms with Crippen molar-refractivity contribution in [1.29, 1.82) is 0 Å². The van der Waals surface area contributed by atoms with Crippen molar-refractivity contribution in [3.05, 3.63) is 36.0 Å². The van der Waals surface area contributed by atoms with E-state index in [1.165, 1.54) is 0 Å². The molecular formula is C14H14N4O2. The quantitative estimate of drug-likeness (QED) is 0.747. The highest BCUT2D eigenvalue weighted by atomic mass is 16.2. The highest BCUT2D eigenvalue weighted by molar-refractivity contribution is 5.95. The monoisotopic (exact) mass is 270 g/mol. The standard InChI is InChI=1S/C14H14N4O2/c19-10-17-5-7-18(8-6-17)14(20)13-9-11-3-1-2-4-12(11)15-16-13/h1-4,9-10H,5-8H2. The van der Waals surface area contributed by atoms with E-state index in [0.717, 1.165) is 17.3 Å². The number of carbonyl (C=O) groups is 2. The van der Waals surface area contributed by atoms with Gasteiger partial charge in [0.25, 0.3) is 5.91 Å². The van der Waals surface area contributed by atoms with Gasteiger partial charge < -0.3 is 9.80 Å². The van der Waals surface area contributed by atoms with Crippen molar-refractivity contribution < 1.29 is 9.59 Å². The van der Waals surface area contributed by atoms with Crippen molar-refractivity contribution in [3.63, 3.8) is 0 Å². The van der Waals surface area contributed by atoms with E-state index in [2.05, 4.69) is 10.2 Å². The summed E-state index contributed by atoms with van der Waals surface area (Å²) in [6.07, 6.45) is 0.817. The van der Waals surface area contributed by atoms with E-state index in [1.807, 2.05) is 24.3 Å². The molecule has 0 N–H and O–H groups in total. The number of benzene rings is 1. The van der Waals surface area contributed by atoms with Crippen molar-refractivity contribution >= 4 is 23.2 Å². The van der Waals surface area contributed by atoms with Gasteiger partial charge in [-0.1, -0.05) is 18.2 Å². The van der Waals surface area contributed by atoms with Crippen LogP contribution in [0.25, 0.3) is 10.9 Å². The molecule has 2 amide bonds. The summed E-state index contributed by atoms with van der Waals surface area (Å²) in [5, 5.41) is 8.96. The summed E-state index contributed by atoms with van der Waals surface area (Å²) in [5.41, 5.74) is 1.12. The SMILES string of the molecule is O=CN1CCN(C(=O)c2cc3ccccc3nn2)CC1. The molecule has 1 fully saturated rings. The van der Waals surface area contributed by atoms with Crippen LogP contribution < -0.4 is 0 Å². The van der Waals surface area contributed by atoms with Crippen LogP contribution in [0.2, 0.25) is 0 Å². The highest BCUT2D eigenvalue weighted by Gasteiger charge is 2.22. The number of rotatable bonds is 2. The van der Waals surface area contributed by atoms with E-state index < -0.39 is 0 Å². The first-order chi connectivity index (χ1) is 9.78. The molecule has 1 aliphatic heterocycles. The lowest BCUT2D eigenvalue weighted by molar-refractivity contribution is -0.119.